The first-order valence-electron chi connectivity index (χ1n) is 3.84. The molecule has 2 saturated heterocycles. The maximum Gasteiger partial charge on any atom is 0.310 e. The molecular formula is C7H11NO3. The summed E-state index contributed by atoms with van der Waals surface area (Å²) in [5.74, 6) is -0.247. The molecule has 0 radical (unpaired) electrons. The van der Waals surface area contributed by atoms with Crippen molar-refractivity contribution in [3.8, 4) is 0 Å². The number of piperidine rings is 1. The zero-order valence-electron chi connectivity index (χ0n) is 6.12. The largest absolute Gasteiger partial charge is 0.465 e. The maximum atomic E-state index is 11.0. The predicted octanol–water partition coefficient (Wildman–Crippen LogP) is -1.26. The zero-order valence-corrected chi connectivity index (χ0v) is 6.12. The first-order valence-corrected chi connectivity index (χ1v) is 3.84. The van der Waals surface area contributed by atoms with E-state index in [1.54, 1.807) is 0 Å². The molecule has 0 aromatic heterocycles. The number of carbonyl (C=O) groups is 1. The lowest BCUT2D eigenvalue weighted by atomic mass is 9.87. The Morgan fingerprint density at radius 2 is 2.36 bits per heavy atom. The van der Waals surface area contributed by atoms with Crippen molar-refractivity contribution in [1.29, 1.82) is 0 Å². The number of cyclic esters (lactones) is 1. The highest BCUT2D eigenvalue weighted by molar-refractivity contribution is 5.75. The van der Waals surface area contributed by atoms with E-state index in [2.05, 4.69) is 5.32 Å². The molecule has 2 N–H and O–H groups in total. The molecule has 2 rings (SSSR count). The number of esters is 1. The van der Waals surface area contributed by atoms with Crippen LogP contribution >= 0.6 is 0 Å². The highest BCUT2D eigenvalue weighted by Gasteiger charge is 2.43. The van der Waals surface area contributed by atoms with Crippen LogP contribution in [0.25, 0.3) is 0 Å². The molecule has 2 heterocycles. The third kappa shape index (κ3) is 1.02. The summed E-state index contributed by atoms with van der Waals surface area (Å²) >= 11 is 0. The van der Waals surface area contributed by atoms with E-state index in [1.807, 2.05) is 0 Å². The molecule has 0 aromatic rings. The van der Waals surface area contributed by atoms with Gasteiger partial charge in [0.05, 0.1) is 18.6 Å². The number of ether oxygens (including phenoxy) is 1. The zero-order chi connectivity index (χ0) is 7.84. The van der Waals surface area contributed by atoms with Crippen LogP contribution in [0.15, 0.2) is 0 Å². The van der Waals surface area contributed by atoms with Crippen LogP contribution in [0.5, 0.6) is 0 Å². The van der Waals surface area contributed by atoms with E-state index in [-0.39, 0.29) is 17.8 Å². The summed E-state index contributed by atoms with van der Waals surface area (Å²) < 4.78 is 4.83. The van der Waals surface area contributed by atoms with E-state index in [0.29, 0.717) is 19.7 Å². The van der Waals surface area contributed by atoms with E-state index in [4.69, 9.17) is 4.74 Å². The molecule has 4 nitrogen and oxygen atoms in total. The number of β-amino-alcohol motifs (C(OH)–C–C–N with tert-alkyl or cyclic N) is 1. The molecule has 0 aliphatic carbocycles. The Kier molecular flexibility index (Phi) is 1.58. The Morgan fingerprint density at radius 3 is 3.09 bits per heavy atom. The molecule has 0 aromatic carbocycles. The number of hydrogen-bond donors (Lipinski definition) is 2. The molecule has 2 aliphatic rings. The number of carbonyl (C=O) groups excluding carboxylic acids is 1. The maximum absolute atomic E-state index is 11.0. The van der Waals surface area contributed by atoms with E-state index in [9.17, 15) is 9.90 Å². The van der Waals surface area contributed by atoms with Crippen LogP contribution in [0.4, 0.5) is 0 Å². The van der Waals surface area contributed by atoms with E-state index < -0.39 is 6.10 Å². The number of aliphatic hydroxyl groups is 1. The molecular weight excluding hydrogens is 146 g/mol. The van der Waals surface area contributed by atoms with Crippen molar-refractivity contribution in [1.82, 2.24) is 5.32 Å². The van der Waals surface area contributed by atoms with Crippen LogP contribution in [0.1, 0.15) is 0 Å². The monoisotopic (exact) mass is 157 g/mol. The number of hydrogen-bond acceptors (Lipinski definition) is 4. The fourth-order valence-electron chi connectivity index (χ4n) is 1.73. The van der Waals surface area contributed by atoms with Gasteiger partial charge in [-0.25, -0.2) is 0 Å². The van der Waals surface area contributed by atoms with Crippen molar-refractivity contribution in [2.24, 2.45) is 11.8 Å². The van der Waals surface area contributed by atoms with Crippen molar-refractivity contribution in [3.63, 3.8) is 0 Å². The summed E-state index contributed by atoms with van der Waals surface area (Å²) in [4.78, 5) is 11.0. The Balaban J connectivity index is 2.12. The summed E-state index contributed by atoms with van der Waals surface area (Å²) in [5.41, 5.74) is 0. The smallest absolute Gasteiger partial charge is 0.310 e. The van der Waals surface area contributed by atoms with Crippen molar-refractivity contribution in [2.75, 3.05) is 19.7 Å². The second-order valence-corrected chi connectivity index (χ2v) is 3.13. The first-order chi connectivity index (χ1) is 5.29. The quantitative estimate of drug-likeness (QED) is 0.431. The van der Waals surface area contributed by atoms with Gasteiger partial charge in [0.2, 0.25) is 0 Å². The van der Waals surface area contributed by atoms with Crippen molar-refractivity contribution >= 4 is 5.97 Å². The molecule has 0 amide bonds. The molecule has 0 bridgehead atoms. The molecule has 3 atom stereocenters. The van der Waals surface area contributed by atoms with E-state index in [0.717, 1.165) is 0 Å². The van der Waals surface area contributed by atoms with Crippen LogP contribution in [0.3, 0.4) is 0 Å². The average molecular weight is 157 g/mol. The van der Waals surface area contributed by atoms with Crippen LogP contribution < -0.4 is 5.32 Å². The minimum Gasteiger partial charge on any atom is -0.465 e. The number of nitrogens with one attached hydrogen (secondary N) is 1. The lowest BCUT2D eigenvalue weighted by molar-refractivity contribution is -0.141. The molecule has 0 spiro atoms. The standard InChI is InChI=1S/C7H11NO3/c9-6-2-8-1-4-5(6)3-11-7(4)10/h4-6,8-9H,1-3H2. The van der Waals surface area contributed by atoms with Crippen LogP contribution in [-0.4, -0.2) is 36.9 Å². The van der Waals surface area contributed by atoms with Gasteiger partial charge in [0, 0.05) is 19.0 Å². The molecule has 11 heavy (non-hydrogen) atoms. The van der Waals surface area contributed by atoms with E-state index >= 15 is 0 Å². The molecule has 0 saturated carbocycles. The molecule has 2 aliphatic heterocycles. The van der Waals surface area contributed by atoms with Gasteiger partial charge in [-0.2, -0.15) is 0 Å². The van der Waals surface area contributed by atoms with Crippen LogP contribution in [0.2, 0.25) is 0 Å². The predicted molar refractivity (Wildman–Crippen MR) is 36.8 cm³/mol. The molecule has 3 unspecified atom stereocenters. The van der Waals surface area contributed by atoms with Crippen molar-refractivity contribution in [3.05, 3.63) is 0 Å². The van der Waals surface area contributed by atoms with Gasteiger partial charge in [-0.05, 0) is 0 Å². The SMILES string of the molecule is O=C1OCC2C(O)CNCC12. The summed E-state index contributed by atoms with van der Waals surface area (Å²) in [6.45, 7) is 1.63. The number of rotatable bonds is 0. The van der Waals surface area contributed by atoms with Gasteiger partial charge in [0.25, 0.3) is 0 Å². The van der Waals surface area contributed by atoms with Gasteiger partial charge in [0.15, 0.2) is 0 Å². The Bertz CT molecular complexity index is 183. The van der Waals surface area contributed by atoms with Crippen molar-refractivity contribution < 1.29 is 14.6 Å². The van der Waals surface area contributed by atoms with Gasteiger partial charge < -0.3 is 15.2 Å². The van der Waals surface area contributed by atoms with Crippen LogP contribution in [0, 0.1) is 11.8 Å². The third-order valence-electron chi connectivity index (χ3n) is 2.45. The van der Waals surface area contributed by atoms with Gasteiger partial charge in [-0.1, -0.05) is 0 Å². The number of fused-ring (bicyclic) bond motifs is 1. The lowest BCUT2D eigenvalue weighted by Gasteiger charge is -2.27. The number of aliphatic hydroxyl groups excluding tert-OH is 1. The summed E-state index contributed by atoms with van der Waals surface area (Å²) in [6.07, 6.45) is -0.416. The van der Waals surface area contributed by atoms with Gasteiger partial charge >= 0.3 is 5.97 Å². The third-order valence-corrected chi connectivity index (χ3v) is 2.45. The second-order valence-electron chi connectivity index (χ2n) is 3.13. The molecule has 2 fully saturated rings. The van der Waals surface area contributed by atoms with Crippen LogP contribution in [-0.2, 0) is 9.53 Å². The highest BCUT2D eigenvalue weighted by atomic mass is 16.5. The Labute approximate surface area is 64.5 Å². The lowest BCUT2D eigenvalue weighted by Crippen LogP contribution is -2.47. The minimum atomic E-state index is -0.416. The fourth-order valence-corrected chi connectivity index (χ4v) is 1.73. The normalized spacial score (nSPS) is 43.4. The Morgan fingerprint density at radius 1 is 1.55 bits per heavy atom. The first kappa shape index (κ1) is 7.06. The molecule has 4 heteroatoms. The summed E-state index contributed by atoms with van der Waals surface area (Å²) in [7, 11) is 0. The Hall–Kier alpha value is -0.610. The summed E-state index contributed by atoms with van der Waals surface area (Å²) in [5, 5.41) is 12.4. The average Bonchev–Trinajstić information content (AvgIpc) is 2.35. The van der Waals surface area contributed by atoms with E-state index in [1.165, 1.54) is 0 Å². The van der Waals surface area contributed by atoms with Gasteiger partial charge in [-0.15, -0.1) is 0 Å². The van der Waals surface area contributed by atoms with Gasteiger partial charge in [-0.3, -0.25) is 4.79 Å². The molecule has 62 valence electrons. The fraction of sp³-hybridized carbons (Fsp3) is 0.857. The topological polar surface area (TPSA) is 58.6 Å². The highest BCUT2D eigenvalue weighted by Crippen LogP contribution is 2.26. The minimum absolute atomic E-state index is 0.0312. The van der Waals surface area contributed by atoms with Crippen molar-refractivity contribution in [2.45, 2.75) is 6.10 Å². The summed E-state index contributed by atoms with van der Waals surface area (Å²) in [6, 6.07) is 0. The second kappa shape index (κ2) is 2.46. The van der Waals surface area contributed by atoms with Gasteiger partial charge in [0.1, 0.15) is 0 Å².